The van der Waals surface area contributed by atoms with Crippen molar-refractivity contribution in [3.8, 4) is 28.5 Å². The minimum atomic E-state index is -0.295. The molecule has 1 aliphatic rings. The summed E-state index contributed by atoms with van der Waals surface area (Å²) in [6.07, 6.45) is 0. The highest BCUT2D eigenvalue weighted by molar-refractivity contribution is 6.12. The molecule has 9 aromatic rings. The zero-order valence-electron chi connectivity index (χ0n) is 28.3. The van der Waals surface area contributed by atoms with Crippen molar-refractivity contribution < 1.29 is 0 Å². The van der Waals surface area contributed by atoms with Gasteiger partial charge >= 0.3 is 0 Å². The monoisotopic (exact) mass is 655 g/mol. The molecule has 0 saturated carbocycles. The molecule has 7 aromatic carbocycles. The van der Waals surface area contributed by atoms with Gasteiger partial charge in [0.25, 0.3) is 0 Å². The van der Waals surface area contributed by atoms with Gasteiger partial charge in [-0.1, -0.05) is 147 Å². The van der Waals surface area contributed by atoms with Crippen LogP contribution in [0.1, 0.15) is 25.0 Å². The molecule has 0 fully saturated rings. The Labute approximate surface area is 296 Å². The fourth-order valence-corrected chi connectivity index (χ4v) is 7.94. The highest BCUT2D eigenvalue weighted by Gasteiger charge is 2.39. The van der Waals surface area contributed by atoms with Gasteiger partial charge in [0.1, 0.15) is 0 Å². The van der Waals surface area contributed by atoms with Gasteiger partial charge in [-0.15, -0.1) is 0 Å². The van der Waals surface area contributed by atoms with Crippen LogP contribution in [0.3, 0.4) is 0 Å². The smallest absolute Gasteiger partial charge is 0.238 e. The molecular formula is C46H33N5. The van der Waals surface area contributed by atoms with Gasteiger partial charge in [0.2, 0.25) is 5.95 Å². The van der Waals surface area contributed by atoms with E-state index in [4.69, 9.17) is 15.0 Å². The highest BCUT2D eigenvalue weighted by atomic mass is 15.3. The molecule has 0 saturated heterocycles. The first-order valence-electron chi connectivity index (χ1n) is 17.4. The number of rotatable bonds is 4. The normalized spacial score (nSPS) is 13.4. The van der Waals surface area contributed by atoms with E-state index in [0.717, 1.165) is 33.7 Å². The maximum absolute atomic E-state index is 5.24. The Morgan fingerprint density at radius 1 is 0.431 bits per heavy atom. The van der Waals surface area contributed by atoms with E-state index >= 15 is 0 Å². The lowest BCUT2D eigenvalue weighted by atomic mass is 9.73. The molecule has 0 N–H and O–H groups in total. The van der Waals surface area contributed by atoms with Crippen molar-refractivity contribution in [1.29, 1.82) is 0 Å². The molecule has 0 atom stereocenters. The van der Waals surface area contributed by atoms with Gasteiger partial charge in [-0.2, -0.15) is 9.97 Å². The van der Waals surface area contributed by atoms with Crippen LogP contribution in [0.2, 0.25) is 0 Å². The average molecular weight is 656 g/mol. The van der Waals surface area contributed by atoms with Crippen LogP contribution in [0.15, 0.2) is 164 Å². The van der Waals surface area contributed by atoms with Crippen molar-refractivity contribution in [1.82, 2.24) is 19.5 Å². The van der Waals surface area contributed by atoms with E-state index in [-0.39, 0.29) is 5.41 Å². The van der Waals surface area contributed by atoms with Crippen LogP contribution in [-0.2, 0) is 5.41 Å². The van der Waals surface area contributed by atoms with Gasteiger partial charge in [-0.25, -0.2) is 4.98 Å². The molecule has 10 rings (SSSR count). The first-order chi connectivity index (χ1) is 25.1. The molecular weight excluding hydrogens is 623 g/mol. The Hall–Kier alpha value is -6.59. The molecule has 0 aliphatic carbocycles. The van der Waals surface area contributed by atoms with E-state index in [0.29, 0.717) is 17.6 Å². The summed E-state index contributed by atoms with van der Waals surface area (Å²) in [5.74, 6) is 1.85. The van der Waals surface area contributed by atoms with Crippen LogP contribution in [0.4, 0.5) is 17.3 Å². The number of hydrogen-bond acceptors (Lipinski definition) is 4. The van der Waals surface area contributed by atoms with Crippen LogP contribution in [-0.4, -0.2) is 19.5 Å². The van der Waals surface area contributed by atoms with E-state index in [1.54, 1.807) is 0 Å². The summed E-state index contributed by atoms with van der Waals surface area (Å²) in [7, 11) is 0. The first-order valence-corrected chi connectivity index (χ1v) is 17.4. The van der Waals surface area contributed by atoms with Crippen LogP contribution in [0, 0.1) is 0 Å². The molecule has 1 aliphatic heterocycles. The zero-order valence-corrected chi connectivity index (χ0v) is 28.3. The number of hydrogen-bond donors (Lipinski definition) is 0. The Morgan fingerprint density at radius 2 is 1.02 bits per heavy atom. The van der Waals surface area contributed by atoms with Gasteiger partial charge in [-0.05, 0) is 46.8 Å². The second-order valence-corrected chi connectivity index (χ2v) is 13.7. The minimum Gasteiger partial charge on any atom is -0.309 e. The maximum atomic E-state index is 5.24. The van der Waals surface area contributed by atoms with Crippen molar-refractivity contribution >= 4 is 49.9 Å². The number of benzene rings is 7. The Morgan fingerprint density at radius 3 is 1.76 bits per heavy atom. The number of anilines is 3. The molecule has 0 amide bonds. The fraction of sp³-hybridized carbons (Fsp3) is 0.0652. The zero-order chi connectivity index (χ0) is 34.1. The number of aromatic nitrogens is 4. The SMILES string of the molecule is CC1(C)c2ccccc2N(c2nc(-c3ccccc3)nc(-c3ccccc3)n2)c2cc3c(cc21)c1ccccc1n3-c1cccc2ccccc12. The van der Waals surface area contributed by atoms with E-state index < -0.39 is 0 Å². The molecule has 2 aromatic heterocycles. The minimum absolute atomic E-state index is 0.295. The quantitative estimate of drug-likeness (QED) is 0.189. The number of nitrogens with zero attached hydrogens (tertiary/aromatic N) is 5. The van der Waals surface area contributed by atoms with Crippen LogP contribution >= 0.6 is 0 Å². The average Bonchev–Trinajstić information content (AvgIpc) is 3.51. The summed E-state index contributed by atoms with van der Waals surface area (Å²) < 4.78 is 2.43. The van der Waals surface area contributed by atoms with Gasteiger partial charge in [0.05, 0.1) is 28.1 Å². The van der Waals surface area contributed by atoms with E-state index in [9.17, 15) is 0 Å². The summed E-state index contributed by atoms with van der Waals surface area (Å²) >= 11 is 0. The van der Waals surface area contributed by atoms with E-state index in [2.05, 4.69) is 151 Å². The number of para-hydroxylation sites is 2. The summed E-state index contributed by atoms with van der Waals surface area (Å²) in [5.41, 5.74) is 9.60. The second-order valence-electron chi connectivity index (χ2n) is 13.7. The highest BCUT2D eigenvalue weighted by Crippen LogP contribution is 2.53. The van der Waals surface area contributed by atoms with Crippen molar-refractivity contribution in [2.45, 2.75) is 19.3 Å². The van der Waals surface area contributed by atoms with Crippen LogP contribution in [0.5, 0.6) is 0 Å². The fourth-order valence-electron chi connectivity index (χ4n) is 7.94. The maximum Gasteiger partial charge on any atom is 0.238 e. The lowest BCUT2D eigenvalue weighted by molar-refractivity contribution is 0.631. The van der Waals surface area contributed by atoms with Crippen molar-refractivity contribution in [3.05, 3.63) is 175 Å². The molecule has 5 nitrogen and oxygen atoms in total. The van der Waals surface area contributed by atoms with Crippen LogP contribution in [0.25, 0.3) is 61.0 Å². The van der Waals surface area contributed by atoms with Gasteiger partial charge in [0, 0.05) is 32.7 Å². The summed E-state index contributed by atoms with van der Waals surface area (Å²) in [6.45, 7) is 4.66. The molecule has 0 bridgehead atoms. The molecule has 0 radical (unpaired) electrons. The predicted molar refractivity (Wildman–Crippen MR) is 209 cm³/mol. The van der Waals surface area contributed by atoms with E-state index in [1.807, 2.05) is 36.4 Å². The Balaban J connectivity index is 1.31. The Kier molecular flexibility index (Phi) is 6.46. The predicted octanol–water partition coefficient (Wildman–Crippen LogP) is 11.6. The standard InChI is InChI=1S/C46H33N5/c1-46(2)36-24-12-14-26-40(36)51(45-48-43(31-17-5-3-6-18-31)47-44(49-45)32-19-7-4-8-20-32)42-29-41-35(28-37(42)46)34-23-11-13-25-39(34)50(41)38-27-15-21-30-16-9-10-22-33(30)38/h3-29H,1-2H3. The first kappa shape index (κ1) is 29.3. The topological polar surface area (TPSA) is 46.8 Å². The lowest BCUT2D eigenvalue weighted by Crippen LogP contribution is -2.31. The summed E-state index contributed by atoms with van der Waals surface area (Å²) in [5, 5.41) is 4.86. The third-order valence-electron chi connectivity index (χ3n) is 10.4. The summed E-state index contributed by atoms with van der Waals surface area (Å²) in [4.78, 5) is 17.7. The largest absolute Gasteiger partial charge is 0.309 e. The van der Waals surface area contributed by atoms with Gasteiger partial charge in [-0.3, -0.25) is 4.90 Å². The summed E-state index contributed by atoms with van der Waals surface area (Å²) in [6, 6.07) is 57.8. The molecule has 0 spiro atoms. The molecule has 0 unspecified atom stereocenters. The molecule has 51 heavy (non-hydrogen) atoms. The molecule has 242 valence electrons. The van der Waals surface area contributed by atoms with Crippen molar-refractivity contribution in [3.63, 3.8) is 0 Å². The lowest BCUT2D eigenvalue weighted by Gasteiger charge is -2.41. The van der Waals surface area contributed by atoms with Crippen molar-refractivity contribution in [2.75, 3.05) is 4.90 Å². The molecule has 5 heteroatoms. The third kappa shape index (κ3) is 4.51. The van der Waals surface area contributed by atoms with E-state index in [1.165, 1.54) is 38.2 Å². The number of fused-ring (bicyclic) bond motifs is 6. The van der Waals surface area contributed by atoms with Crippen molar-refractivity contribution in [2.24, 2.45) is 0 Å². The van der Waals surface area contributed by atoms with Gasteiger partial charge < -0.3 is 4.57 Å². The Bertz CT molecular complexity index is 2720. The second kappa shape index (κ2) is 11.2. The molecule has 3 heterocycles. The van der Waals surface area contributed by atoms with Crippen LogP contribution < -0.4 is 4.90 Å². The third-order valence-corrected chi connectivity index (χ3v) is 10.4. The van der Waals surface area contributed by atoms with Gasteiger partial charge in [0.15, 0.2) is 11.6 Å².